The molecule has 0 aromatic heterocycles. The van der Waals surface area contributed by atoms with Crippen LogP contribution in [0.25, 0.3) is 0 Å². The lowest BCUT2D eigenvalue weighted by Crippen LogP contribution is -2.12. The molecule has 52 valence electrons. The largest absolute Gasteiger partial charge is 0.386 e. The van der Waals surface area contributed by atoms with Gasteiger partial charge in [-0.3, -0.25) is 0 Å². The standard InChI is InChI=1S/C8H14O/c1-7(2)5-6-8(3,4)9/h6,9H,1-4H3. The fourth-order valence-corrected chi connectivity index (χ4v) is 0.321. The molecule has 0 aromatic rings. The molecule has 0 bridgehead atoms. The molecule has 1 nitrogen and oxygen atoms in total. The lowest BCUT2D eigenvalue weighted by molar-refractivity contribution is 0.133. The maximum Gasteiger partial charge on any atom is 0.0844 e. The highest BCUT2D eigenvalue weighted by Crippen LogP contribution is 2.01. The van der Waals surface area contributed by atoms with Gasteiger partial charge < -0.3 is 5.11 Å². The molecule has 0 spiro atoms. The third kappa shape index (κ3) is 7.48. The molecule has 0 radical (unpaired) electrons. The van der Waals surface area contributed by atoms with Crippen molar-refractivity contribution in [1.29, 1.82) is 0 Å². The predicted octanol–water partition coefficient (Wildman–Crippen LogP) is 1.88. The zero-order valence-electron chi connectivity index (χ0n) is 6.52. The maximum absolute atomic E-state index is 9.14. The minimum Gasteiger partial charge on any atom is -0.386 e. The van der Waals surface area contributed by atoms with Gasteiger partial charge in [0.1, 0.15) is 0 Å². The van der Waals surface area contributed by atoms with Crippen LogP contribution < -0.4 is 0 Å². The molecule has 0 fully saturated rings. The summed E-state index contributed by atoms with van der Waals surface area (Å²) >= 11 is 0. The van der Waals surface area contributed by atoms with Gasteiger partial charge in [0.15, 0.2) is 0 Å². The predicted molar refractivity (Wildman–Crippen MR) is 39.2 cm³/mol. The van der Waals surface area contributed by atoms with E-state index in [0.717, 1.165) is 5.57 Å². The molecule has 0 atom stereocenters. The first-order chi connectivity index (χ1) is 3.92. The van der Waals surface area contributed by atoms with Crippen LogP contribution in [0.1, 0.15) is 27.7 Å². The summed E-state index contributed by atoms with van der Waals surface area (Å²) in [6.45, 7) is 7.34. The molecule has 0 aromatic carbocycles. The average Bonchev–Trinajstić information content (AvgIpc) is 1.59. The molecule has 0 rings (SSSR count). The highest BCUT2D eigenvalue weighted by Gasteiger charge is 2.04. The Balaban J connectivity index is 4.17. The van der Waals surface area contributed by atoms with Gasteiger partial charge in [-0.25, -0.2) is 0 Å². The van der Waals surface area contributed by atoms with Crippen LogP contribution in [0.2, 0.25) is 0 Å². The topological polar surface area (TPSA) is 20.2 Å². The molecule has 0 aliphatic heterocycles. The Morgan fingerprint density at radius 3 is 2.00 bits per heavy atom. The molecule has 1 heteroatoms. The van der Waals surface area contributed by atoms with E-state index in [1.807, 2.05) is 13.8 Å². The first-order valence-corrected chi connectivity index (χ1v) is 3.05. The minimum absolute atomic E-state index is 0.725. The van der Waals surface area contributed by atoms with Gasteiger partial charge in [-0.15, -0.1) is 5.73 Å². The monoisotopic (exact) mass is 126 g/mol. The van der Waals surface area contributed by atoms with Crippen molar-refractivity contribution >= 4 is 0 Å². The third-order valence-corrected chi connectivity index (χ3v) is 0.714. The van der Waals surface area contributed by atoms with Crippen molar-refractivity contribution in [2.75, 3.05) is 0 Å². The summed E-state index contributed by atoms with van der Waals surface area (Å²) in [5, 5.41) is 9.14. The van der Waals surface area contributed by atoms with E-state index in [1.54, 1.807) is 19.9 Å². The number of aliphatic hydroxyl groups is 1. The summed E-state index contributed by atoms with van der Waals surface area (Å²) < 4.78 is 0. The smallest absolute Gasteiger partial charge is 0.0844 e. The van der Waals surface area contributed by atoms with Gasteiger partial charge in [0.2, 0.25) is 0 Å². The number of hydrogen-bond acceptors (Lipinski definition) is 1. The fourth-order valence-electron chi connectivity index (χ4n) is 0.321. The summed E-state index contributed by atoms with van der Waals surface area (Å²) in [4.78, 5) is 0. The van der Waals surface area contributed by atoms with Crippen LogP contribution in [0.15, 0.2) is 17.4 Å². The van der Waals surface area contributed by atoms with Gasteiger partial charge in [-0.1, -0.05) is 0 Å². The van der Waals surface area contributed by atoms with Crippen molar-refractivity contribution in [2.45, 2.75) is 33.3 Å². The van der Waals surface area contributed by atoms with E-state index >= 15 is 0 Å². The lowest BCUT2D eigenvalue weighted by atomic mass is 10.1. The quantitative estimate of drug-likeness (QED) is 0.532. The second-order valence-corrected chi connectivity index (χ2v) is 2.94. The Bertz CT molecular complexity index is 138. The molecule has 0 unspecified atom stereocenters. The van der Waals surface area contributed by atoms with Crippen molar-refractivity contribution < 1.29 is 5.11 Å². The van der Waals surface area contributed by atoms with Crippen LogP contribution >= 0.6 is 0 Å². The summed E-state index contributed by atoms with van der Waals surface area (Å²) in [7, 11) is 0. The van der Waals surface area contributed by atoms with Crippen LogP contribution in [-0.2, 0) is 0 Å². The Labute approximate surface area is 56.7 Å². The second-order valence-electron chi connectivity index (χ2n) is 2.94. The van der Waals surface area contributed by atoms with Gasteiger partial charge in [0.05, 0.1) is 5.60 Å². The van der Waals surface area contributed by atoms with Gasteiger partial charge >= 0.3 is 0 Å². The molecule has 0 saturated heterocycles. The van der Waals surface area contributed by atoms with Crippen molar-refractivity contribution in [3.05, 3.63) is 17.4 Å². The molecule has 0 aliphatic rings. The Hall–Kier alpha value is -0.520. The fraction of sp³-hybridized carbons (Fsp3) is 0.625. The highest BCUT2D eigenvalue weighted by atomic mass is 16.3. The van der Waals surface area contributed by atoms with E-state index in [0.29, 0.717) is 0 Å². The summed E-state index contributed by atoms with van der Waals surface area (Å²) in [6.07, 6.45) is 1.66. The SMILES string of the molecule is CC(C)=C=CC(C)(C)O. The Morgan fingerprint density at radius 2 is 1.89 bits per heavy atom. The third-order valence-electron chi connectivity index (χ3n) is 0.714. The highest BCUT2D eigenvalue weighted by molar-refractivity contribution is 5.00. The van der Waals surface area contributed by atoms with Gasteiger partial charge in [0.25, 0.3) is 0 Å². The normalized spacial score (nSPS) is 10.3. The summed E-state index contributed by atoms with van der Waals surface area (Å²) in [6, 6.07) is 0. The van der Waals surface area contributed by atoms with Gasteiger partial charge in [-0.05, 0) is 39.3 Å². The molecule has 0 aliphatic carbocycles. The molecular weight excluding hydrogens is 112 g/mol. The Morgan fingerprint density at radius 1 is 1.44 bits per heavy atom. The zero-order chi connectivity index (χ0) is 7.49. The molecule has 9 heavy (non-hydrogen) atoms. The van der Waals surface area contributed by atoms with E-state index in [9.17, 15) is 0 Å². The molecule has 0 saturated carbocycles. The van der Waals surface area contributed by atoms with Crippen molar-refractivity contribution in [1.82, 2.24) is 0 Å². The summed E-state index contributed by atoms with van der Waals surface area (Å²) in [5.41, 5.74) is 3.28. The second kappa shape index (κ2) is 2.86. The molecule has 0 heterocycles. The van der Waals surface area contributed by atoms with E-state index in [2.05, 4.69) is 5.73 Å². The van der Waals surface area contributed by atoms with Crippen LogP contribution in [0, 0.1) is 0 Å². The van der Waals surface area contributed by atoms with Crippen molar-refractivity contribution in [2.24, 2.45) is 0 Å². The van der Waals surface area contributed by atoms with Crippen molar-refractivity contribution in [3.8, 4) is 0 Å². The minimum atomic E-state index is -0.725. The molecular formula is C8H14O. The van der Waals surface area contributed by atoms with E-state index in [4.69, 9.17) is 5.11 Å². The van der Waals surface area contributed by atoms with E-state index in [-0.39, 0.29) is 0 Å². The Kier molecular flexibility index (Phi) is 2.69. The first-order valence-electron chi connectivity index (χ1n) is 3.05. The van der Waals surface area contributed by atoms with Crippen LogP contribution in [-0.4, -0.2) is 10.7 Å². The molecule has 0 amide bonds. The van der Waals surface area contributed by atoms with Crippen LogP contribution in [0.4, 0.5) is 0 Å². The van der Waals surface area contributed by atoms with Gasteiger partial charge in [-0.2, -0.15) is 0 Å². The van der Waals surface area contributed by atoms with Crippen LogP contribution in [0.5, 0.6) is 0 Å². The van der Waals surface area contributed by atoms with Gasteiger partial charge in [0, 0.05) is 0 Å². The van der Waals surface area contributed by atoms with E-state index in [1.165, 1.54) is 0 Å². The maximum atomic E-state index is 9.14. The average molecular weight is 126 g/mol. The zero-order valence-corrected chi connectivity index (χ0v) is 6.52. The van der Waals surface area contributed by atoms with Crippen molar-refractivity contribution in [3.63, 3.8) is 0 Å². The summed E-state index contributed by atoms with van der Waals surface area (Å²) in [5.74, 6) is 0. The number of hydrogen-bond donors (Lipinski definition) is 1. The lowest BCUT2D eigenvalue weighted by Gasteiger charge is -2.07. The number of rotatable bonds is 1. The van der Waals surface area contributed by atoms with Crippen LogP contribution in [0.3, 0.4) is 0 Å². The van der Waals surface area contributed by atoms with E-state index < -0.39 is 5.60 Å². The molecule has 1 N–H and O–H groups in total. The first kappa shape index (κ1) is 8.48.